The van der Waals surface area contributed by atoms with Gasteiger partial charge in [-0.25, -0.2) is 0 Å². The standard InChI is InChI=1S/C18H26N2O/c1-4-17-16-10-19-9-15(16)11-20(17)18(21)8-14-6-5-12(2)13(3)7-14/h5-7,15-17,19H,4,8-11H2,1-3H3. The highest BCUT2D eigenvalue weighted by atomic mass is 16.2. The molecule has 1 aromatic rings. The summed E-state index contributed by atoms with van der Waals surface area (Å²) in [5, 5.41) is 3.47. The molecule has 1 amide bonds. The Bertz CT molecular complexity index is 540. The van der Waals surface area contributed by atoms with Gasteiger partial charge in [-0.3, -0.25) is 4.79 Å². The fourth-order valence-corrected chi connectivity index (χ4v) is 4.02. The molecule has 3 heteroatoms. The third-order valence-corrected chi connectivity index (χ3v) is 5.38. The number of likely N-dealkylation sites (tertiary alicyclic amines) is 1. The molecule has 3 nitrogen and oxygen atoms in total. The zero-order valence-electron chi connectivity index (χ0n) is 13.4. The number of aryl methyl sites for hydroxylation is 2. The molecule has 0 saturated carbocycles. The van der Waals surface area contributed by atoms with E-state index in [0.717, 1.165) is 31.6 Å². The first-order valence-corrected chi connectivity index (χ1v) is 8.16. The third-order valence-electron chi connectivity index (χ3n) is 5.38. The number of nitrogens with one attached hydrogen (secondary N) is 1. The quantitative estimate of drug-likeness (QED) is 0.925. The summed E-state index contributed by atoms with van der Waals surface area (Å²) in [5.41, 5.74) is 3.71. The van der Waals surface area contributed by atoms with Crippen molar-refractivity contribution in [1.82, 2.24) is 10.2 Å². The molecule has 0 radical (unpaired) electrons. The molecule has 3 unspecified atom stereocenters. The number of fused-ring (bicyclic) bond motifs is 1. The number of hydrogen-bond acceptors (Lipinski definition) is 2. The summed E-state index contributed by atoms with van der Waals surface area (Å²) < 4.78 is 0. The average molecular weight is 286 g/mol. The van der Waals surface area contributed by atoms with Crippen LogP contribution in [0, 0.1) is 25.7 Å². The SMILES string of the molecule is CCC1C2CNCC2CN1C(=O)Cc1ccc(C)c(C)c1. The molecule has 2 heterocycles. The van der Waals surface area contributed by atoms with Crippen molar-refractivity contribution in [3.05, 3.63) is 34.9 Å². The zero-order chi connectivity index (χ0) is 15.0. The van der Waals surface area contributed by atoms with Gasteiger partial charge in [0.05, 0.1) is 6.42 Å². The van der Waals surface area contributed by atoms with Crippen LogP contribution in [0.3, 0.4) is 0 Å². The van der Waals surface area contributed by atoms with E-state index in [9.17, 15) is 4.79 Å². The molecule has 0 spiro atoms. The van der Waals surface area contributed by atoms with Crippen LogP contribution in [-0.4, -0.2) is 36.5 Å². The van der Waals surface area contributed by atoms with Crippen LogP contribution in [0.25, 0.3) is 0 Å². The molecule has 2 aliphatic heterocycles. The fraction of sp³-hybridized carbons (Fsp3) is 0.611. The van der Waals surface area contributed by atoms with Crippen molar-refractivity contribution in [2.75, 3.05) is 19.6 Å². The Kier molecular flexibility index (Phi) is 4.03. The molecule has 1 N–H and O–H groups in total. The van der Waals surface area contributed by atoms with E-state index in [-0.39, 0.29) is 0 Å². The minimum absolute atomic E-state index is 0.305. The third kappa shape index (κ3) is 2.71. The van der Waals surface area contributed by atoms with Gasteiger partial charge in [0.2, 0.25) is 5.91 Å². The number of benzene rings is 1. The molecule has 0 bridgehead atoms. The van der Waals surface area contributed by atoms with Gasteiger partial charge < -0.3 is 10.2 Å². The van der Waals surface area contributed by atoms with E-state index >= 15 is 0 Å². The van der Waals surface area contributed by atoms with Crippen LogP contribution in [0.2, 0.25) is 0 Å². The number of nitrogens with zero attached hydrogens (tertiary/aromatic N) is 1. The molecular formula is C18H26N2O. The second kappa shape index (κ2) is 5.80. The highest BCUT2D eigenvalue weighted by Crippen LogP contribution is 2.34. The van der Waals surface area contributed by atoms with Gasteiger partial charge in [0.15, 0.2) is 0 Å². The van der Waals surface area contributed by atoms with Gasteiger partial charge >= 0.3 is 0 Å². The minimum atomic E-state index is 0.305. The van der Waals surface area contributed by atoms with Gasteiger partial charge in [-0.05, 0) is 48.8 Å². The topological polar surface area (TPSA) is 32.3 Å². The Morgan fingerprint density at radius 1 is 1.29 bits per heavy atom. The normalized spacial score (nSPS) is 28.0. The Morgan fingerprint density at radius 2 is 2.10 bits per heavy atom. The maximum absolute atomic E-state index is 12.7. The number of amides is 1. The van der Waals surface area contributed by atoms with Crippen molar-refractivity contribution in [3.8, 4) is 0 Å². The summed E-state index contributed by atoms with van der Waals surface area (Å²) in [5.74, 6) is 1.64. The van der Waals surface area contributed by atoms with Crippen LogP contribution in [0.4, 0.5) is 0 Å². The molecule has 3 rings (SSSR count). The van der Waals surface area contributed by atoms with Crippen LogP contribution >= 0.6 is 0 Å². The lowest BCUT2D eigenvalue weighted by molar-refractivity contribution is -0.131. The summed E-state index contributed by atoms with van der Waals surface area (Å²) in [6.45, 7) is 9.54. The monoisotopic (exact) mass is 286 g/mol. The number of carbonyl (C=O) groups is 1. The largest absolute Gasteiger partial charge is 0.339 e. The molecule has 0 aromatic heterocycles. The summed E-state index contributed by atoms with van der Waals surface area (Å²) in [6.07, 6.45) is 1.62. The molecule has 1 aromatic carbocycles. The molecule has 2 saturated heterocycles. The Hall–Kier alpha value is -1.35. The van der Waals surface area contributed by atoms with Gasteiger partial charge in [-0.1, -0.05) is 25.1 Å². The second-order valence-corrected chi connectivity index (χ2v) is 6.70. The van der Waals surface area contributed by atoms with Gasteiger partial charge in [0.1, 0.15) is 0 Å². The average Bonchev–Trinajstić information content (AvgIpc) is 3.02. The molecule has 21 heavy (non-hydrogen) atoms. The maximum Gasteiger partial charge on any atom is 0.227 e. The van der Waals surface area contributed by atoms with Crippen molar-refractivity contribution in [3.63, 3.8) is 0 Å². The van der Waals surface area contributed by atoms with E-state index in [1.807, 2.05) is 0 Å². The van der Waals surface area contributed by atoms with Crippen LogP contribution in [0.1, 0.15) is 30.0 Å². The van der Waals surface area contributed by atoms with Crippen molar-refractivity contribution in [1.29, 1.82) is 0 Å². The van der Waals surface area contributed by atoms with Crippen LogP contribution in [-0.2, 0) is 11.2 Å². The van der Waals surface area contributed by atoms with Crippen LogP contribution in [0.15, 0.2) is 18.2 Å². The van der Waals surface area contributed by atoms with Gasteiger partial charge in [-0.15, -0.1) is 0 Å². The molecule has 0 aliphatic carbocycles. The highest BCUT2D eigenvalue weighted by molar-refractivity contribution is 5.79. The Labute approximate surface area is 127 Å². The van der Waals surface area contributed by atoms with E-state index < -0.39 is 0 Å². The smallest absolute Gasteiger partial charge is 0.227 e. The molecular weight excluding hydrogens is 260 g/mol. The lowest BCUT2D eigenvalue weighted by atomic mass is 9.93. The Morgan fingerprint density at radius 3 is 2.81 bits per heavy atom. The van der Waals surface area contributed by atoms with E-state index in [2.05, 4.69) is 49.2 Å². The summed E-state index contributed by atoms with van der Waals surface area (Å²) in [7, 11) is 0. The van der Waals surface area contributed by atoms with E-state index in [1.165, 1.54) is 11.1 Å². The first-order valence-electron chi connectivity index (χ1n) is 8.16. The van der Waals surface area contributed by atoms with Gasteiger partial charge in [-0.2, -0.15) is 0 Å². The van der Waals surface area contributed by atoms with Crippen molar-refractivity contribution in [2.24, 2.45) is 11.8 Å². The van der Waals surface area contributed by atoms with Crippen LogP contribution < -0.4 is 5.32 Å². The maximum atomic E-state index is 12.7. The number of rotatable bonds is 3. The lowest BCUT2D eigenvalue weighted by Gasteiger charge is -2.27. The Balaban J connectivity index is 1.71. The van der Waals surface area contributed by atoms with E-state index in [1.54, 1.807) is 0 Å². The highest BCUT2D eigenvalue weighted by Gasteiger charge is 2.44. The van der Waals surface area contributed by atoms with Crippen molar-refractivity contribution < 1.29 is 4.79 Å². The zero-order valence-corrected chi connectivity index (χ0v) is 13.4. The van der Waals surface area contributed by atoms with E-state index in [4.69, 9.17) is 0 Å². The summed E-state index contributed by atoms with van der Waals surface area (Å²) in [4.78, 5) is 14.9. The van der Waals surface area contributed by atoms with Gasteiger partial charge in [0.25, 0.3) is 0 Å². The van der Waals surface area contributed by atoms with Gasteiger partial charge in [0, 0.05) is 25.7 Å². The first-order chi connectivity index (χ1) is 10.1. The second-order valence-electron chi connectivity index (χ2n) is 6.70. The number of carbonyl (C=O) groups excluding carboxylic acids is 1. The summed E-state index contributed by atoms with van der Waals surface area (Å²) >= 11 is 0. The molecule has 114 valence electrons. The van der Waals surface area contributed by atoms with Crippen molar-refractivity contribution in [2.45, 2.75) is 39.7 Å². The minimum Gasteiger partial charge on any atom is -0.339 e. The fourth-order valence-electron chi connectivity index (χ4n) is 4.02. The van der Waals surface area contributed by atoms with E-state index in [0.29, 0.717) is 30.2 Å². The lowest BCUT2D eigenvalue weighted by Crippen LogP contribution is -2.40. The predicted octanol–water partition coefficient (Wildman–Crippen LogP) is 2.30. The van der Waals surface area contributed by atoms with Crippen LogP contribution in [0.5, 0.6) is 0 Å². The predicted molar refractivity (Wildman–Crippen MR) is 85.3 cm³/mol. The molecule has 3 atom stereocenters. The molecule has 2 fully saturated rings. The summed E-state index contributed by atoms with van der Waals surface area (Å²) in [6, 6.07) is 6.81. The van der Waals surface area contributed by atoms with Crippen molar-refractivity contribution >= 4 is 5.91 Å². The first kappa shape index (κ1) is 14.6. The number of hydrogen-bond donors (Lipinski definition) is 1. The molecule has 2 aliphatic rings.